The van der Waals surface area contributed by atoms with Crippen LogP contribution in [0.1, 0.15) is 37.0 Å². The van der Waals surface area contributed by atoms with Crippen LogP contribution in [0, 0.1) is 5.92 Å². The Morgan fingerprint density at radius 1 is 1.48 bits per heavy atom. The molecule has 0 spiro atoms. The van der Waals surface area contributed by atoms with Gasteiger partial charge >= 0.3 is 5.97 Å². The molecule has 116 valence electrons. The van der Waals surface area contributed by atoms with E-state index in [9.17, 15) is 4.79 Å². The van der Waals surface area contributed by atoms with Gasteiger partial charge in [-0.15, -0.1) is 0 Å². The maximum atomic E-state index is 11.6. The lowest BCUT2D eigenvalue weighted by molar-refractivity contribution is 0.0526. The lowest BCUT2D eigenvalue weighted by Gasteiger charge is -2.19. The Morgan fingerprint density at radius 2 is 2.29 bits per heavy atom. The fourth-order valence-electron chi connectivity index (χ4n) is 2.68. The van der Waals surface area contributed by atoms with E-state index in [4.69, 9.17) is 15.2 Å². The first-order valence-electron chi connectivity index (χ1n) is 7.57. The van der Waals surface area contributed by atoms with Crippen molar-refractivity contribution in [3.05, 3.63) is 23.8 Å². The maximum Gasteiger partial charge on any atom is 0.338 e. The molecule has 1 aromatic carbocycles. The number of nitrogen functional groups attached to an aromatic ring is 1. The van der Waals surface area contributed by atoms with Crippen LogP contribution in [0.2, 0.25) is 0 Å². The molecule has 0 amide bonds. The van der Waals surface area contributed by atoms with E-state index >= 15 is 0 Å². The zero-order chi connectivity index (χ0) is 15.2. The van der Waals surface area contributed by atoms with Gasteiger partial charge in [-0.25, -0.2) is 4.79 Å². The van der Waals surface area contributed by atoms with Gasteiger partial charge in [0.15, 0.2) is 0 Å². The molecule has 2 rings (SSSR count). The van der Waals surface area contributed by atoms with Crippen molar-refractivity contribution in [1.82, 2.24) is 0 Å². The molecule has 5 heteroatoms. The number of nitrogens with one attached hydrogen (secondary N) is 1. The Morgan fingerprint density at radius 3 is 2.95 bits per heavy atom. The van der Waals surface area contributed by atoms with E-state index in [0.717, 1.165) is 31.7 Å². The second-order valence-electron chi connectivity index (χ2n) is 5.27. The van der Waals surface area contributed by atoms with Gasteiger partial charge in [0.2, 0.25) is 0 Å². The topological polar surface area (TPSA) is 73.6 Å². The Kier molecular flexibility index (Phi) is 5.44. The number of carbonyl (C=O) groups excluding carboxylic acids is 1. The van der Waals surface area contributed by atoms with Crippen LogP contribution in [0.3, 0.4) is 0 Å². The van der Waals surface area contributed by atoms with E-state index in [1.807, 2.05) is 6.07 Å². The number of hydrogen-bond acceptors (Lipinski definition) is 5. The van der Waals surface area contributed by atoms with Crippen LogP contribution in [-0.4, -0.2) is 31.8 Å². The number of carbonyl (C=O) groups is 1. The van der Waals surface area contributed by atoms with Crippen molar-refractivity contribution in [2.24, 2.45) is 5.92 Å². The predicted octanol–water partition coefficient (Wildman–Crippen LogP) is 2.67. The first-order chi connectivity index (χ1) is 10.2. The SMILES string of the molecule is CCOC(=O)c1ccc(NCC2CCOC2CC)c(N)c1. The van der Waals surface area contributed by atoms with Gasteiger partial charge < -0.3 is 20.5 Å². The van der Waals surface area contributed by atoms with Gasteiger partial charge in [0, 0.05) is 19.1 Å². The summed E-state index contributed by atoms with van der Waals surface area (Å²) in [6.07, 6.45) is 2.44. The standard InChI is InChI=1S/C16H24N2O3/c1-3-15-12(7-8-21-15)10-18-14-6-5-11(9-13(14)17)16(19)20-4-2/h5-6,9,12,15,18H,3-4,7-8,10,17H2,1-2H3. The van der Waals surface area contributed by atoms with Gasteiger partial charge in [0.1, 0.15) is 0 Å². The molecule has 3 N–H and O–H groups in total. The molecule has 0 bridgehead atoms. The molecule has 2 atom stereocenters. The summed E-state index contributed by atoms with van der Waals surface area (Å²) in [5.41, 5.74) is 7.90. The number of esters is 1. The van der Waals surface area contributed by atoms with Gasteiger partial charge in [-0.2, -0.15) is 0 Å². The van der Waals surface area contributed by atoms with Crippen molar-refractivity contribution in [3.63, 3.8) is 0 Å². The first-order valence-corrected chi connectivity index (χ1v) is 7.57. The average Bonchev–Trinajstić information content (AvgIpc) is 2.93. The molecule has 5 nitrogen and oxygen atoms in total. The third-order valence-electron chi connectivity index (χ3n) is 3.87. The van der Waals surface area contributed by atoms with Crippen LogP contribution in [-0.2, 0) is 9.47 Å². The molecule has 0 saturated carbocycles. The van der Waals surface area contributed by atoms with E-state index in [1.54, 1.807) is 19.1 Å². The third-order valence-corrected chi connectivity index (χ3v) is 3.87. The summed E-state index contributed by atoms with van der Waals surface area (Å²) in [4.78, 5) is 11.6. The fraction of sp³-hybridized carbons (Fsp3) is 0.562. The average molecular weight is 292 g/mol. The largest absolute Gasteiger partial charge is 0.462 e. The number of ether oxygens (including phenoxy) is 2. The highest BCUT2D eigenvalue weighted by Crippen LogP contribution is 2.26. The van der Waals surface area contributed by atoms with Crippen LogP contribution in [0.4, 0.5) is 11.4 Å². The zero-order valence-electron chi connectivity index (χ0n) is 12.7. The molecular formula is C16H24N2O3. The molecular weight excluding hydrogens is 268 g/mol. The first kappa shape index (κ1) is 15.6. The summed E-state index contributed by atoms with van der Waals surface area (Å²) in [6, 6.07) is 5.22. The number of hydrogen-bond donors (Lipinski definition) is 2. The minimum atomic E-state index is -0.342. The molecule has 1 heterocycles. The number of rotatable bonds is 6. The van der Waals surface area contributed by atoms with Gasteiger partial charge in [0.25, 0.3) is 0 Å². The van der Waals surface area contributed by atoms with Crippen LogP contribution in [0.5, 0.6) is 0 Å². The van der Waals surface area contributed by atoms with Crippen molar-refractivity contribution < 1.29 is 14.3 Å². The summed E-state index contributed by atoms with van der Waals surface area (Å²) >= 11 is 0. The molecule has 0 aromatic heterocycles. The van der Waals surface area contributed by atoms with Crippen LogP contribution < -0.4 is 11.1 Å². The van der Waals surface area contributed by atoms with Crippen LogP contribution >= 0.6 is 0 Å². The van der Waals surface area contributed by atoms with E-state index < -0.39 is 0 Å². The molecule has 0 radical (unpaired) electrons. The van der Waals surface area contributed by atoms with Crippen LogP contribution in [0.25, 0.3) is 0 Å². The van der Waals surface area contributed by atoms with Gasteiger partial charge in [0.05, 0.1) is 29.6 Å². The smallest absolute Gasteiger partial charge is 0.338 e. The maximum absolute atomic E-state index is 11.6. The van der Waals surface area contributed by atoms with Crippen molar-refractivity contribution in [3.8, 4) is 0 Å². The highest BCUT2D eigenvalue weighted by molar-refractivity contribution is 5.91. The Balaban J connectivity index is 1.96. The molecule has 1 aliphatic rings. The van der Waals surface area contributed by atoms with Crippen LogP contribution in [0.15, 0.2) is 18.2 Å². The molecule has 0 aliphatic carbocycles. The quantitative estimate of drug-likeness (QED) is 0.623. The minimum Gasteiger partial charge on any atom is -0.462 e. The number of nitrogens with two attached hydrogens (primary N) is 1. The normalized spacial score (nSPS) is 21.2. The van der Waals surface area contributed by atoms with Gasteiger partial charge in [-0.3, -0.25) is 0 Å². The molecule has 1 saturated heterocycles. The zero-order valence-corrected chi connectivity index (χ0v) is 12.7. The highest BCUT2D eigenvalue weighted by atomic mass is 16.5. The van der Waals surface area contributed by atoms with E-state index in [0.29, 0.717) is 29.9 Å². The third kappa shape index (κ3) is 3.88. The monoisotopic (exact) mass is 292 g/mol. The van der Waals surface area contributed by atoms with Crippen molar-refractivity contribution >= 4 is 17.3 Å². The molecule has 1 aliphatic heterocycles. The highest BCUT2D eigenvalue weighted by Gasteiger charge is 2.26. The van der Waals surface area contributed by atoms with E-state index in [-0.39, 0.29) is 5.97 Å². The predicted molar refractivity (Wildman–Crippen MR) is 83.4 cm³/mol. The van der Waals surface area contributed by atoms with Crippen molar-refractivity contribution in [2.45, 2.75) is 32.8 Å². The van der Waals surface area contributed by atoms with E-state index in [1.165, 1.54) is 0 Å². The second kappa shape index (κ2) is 7.31. The summed E-state index contributed by atoms with van der Waals surface area (Å²) in [5.74, 6) is 0.171. The Labute approximate surface area is 125 Å². The number of benzene rings is 1. The molecule has 1 fully saturated rings. The van der Waals surface area contributed by atoms with E-state index in [2.05, 4.69) is 12.2 Å². The number of anilines is 2. The van der Waals surface area contributed by atoms with Gasteiger partial charge in [-0.05, 0) is 38.0 Å². The molecule has 21 heavy (non-hydrogen) atoms. The van der Waals surface area contributed by atoms with Gasteiger partial charge in [-0.1, -0.05) is 6.92 Å². The molecule has 1 aromatic rings. The lowest BCUT2D eigenvalue weighted by atomic mass is 9.99. The summed E-state index contributed by atoms with van der Waals surface area (Å²) in [6.45, 7) is 5.96. The summed E-state index contributed by atoms with van der Waals surface area (Å²) < 4.78 is 10.6. The second-order valence-corrected chi connectivity index (χ2v) is 5.27. The fourth-order valence-corrected chi connectivity index (χ4v) is 2.68. The van der Waals surface area contributed by atoms with Crippen molar-refractivity contribution in [2.75, 3.05) is 30.8 Å². The Bertz CT molecular complexity index is 490. The lowest BCUT2D eigenvalue weighted by Crippen LogP contribution is -2.23. The molecule has 2 unspecified atom stereocenters. The minimum absolute atomic E-state index is 0.331. The van der Waals surface area contributed by atoms with Crippen molar-refractivity contribution in [1.29, 1.82) is 0 Å². The summed E-state index contributed by atoms with van der Waals surface area (Å²) in [7, 11) is 0. The summed E-state index contributed by atoms with van der Waals surface area (Å²) in [5, 5.41) is 3.36. The Hall–Kier alpha value is -1.75.